The number of halogens is 4. The highest BCUT2D eigenvalue weighted by molar-refractivity contribution is 7.92. The number of hydrogen-bond acceptors (Lipinski definition) is 4. The Kier molecular flexibility index (Phi) is 9.35. The summed E-state index contributed by atoms with van der Waals surface area (Å²) in [6, 6.07) is 8.51. The van der Waals surface area contributed by atoms with E-state index >= 15 is 0 Å². The van der Waals surface area contributed by atoms with E-state index in [1.54, 1.807) is 19.1 Å². The zero-order valence-electron chi connectivity index (χ0n) is 21.4. The van der Waals surface area contributed by atoms with Gasteiger partial charge in [-0.1, -0.05) is 48.7 Å². The van der Waals surface area contributed by atoms with Crippen LogP contribution in [-0.4, -0.2) is 50.0 Å². The number of aryl methyl sites for hydroxylation is 1. The first kappa shape index (κ1) is 29.8. The molecular weight excluding hydrogens is 543 g/mol. The number of benzene rings is 2. The van der Waals surface area contributed by atoms with Crippen LogP contribution >= 0.6 is 11.6 Å². The Bertz CT molecular complexity index is 1280. The molecule has 2 aromatic carbocycles. The molecule has 0 radical (unpaired) electrons. The van der Waals surface area contributed by atoms with Crippen molar-refractivity contribution < 1.29 is 31.2 Å². The van der Waals surface area contributed by atoms with Crippen LogP contribution in [0.5, 0.6) is 0 Å². The number of carbonyl (C=O) groups excluding carboxylic acids is 2. The van der Waals surface area contributed by atoms with Gasteiger partial charge in [-0.3, -0.25) is 13.9 Å². The number of nitrogens with one attached hydrogen (secondary N) is 1. The summed E-state index contributed by atoms with van der Waals surface area (Å²) in [6.45, 7) is 2.54. The van der Waals surface area contributed by atoms with Crippen LogP contribution in [0.4, 0.5) is 18.9 Å². The highest BCUT2D eigenvalue weighted by atomic mass is 35.5. The fourth-order valence-corrected chi connectivity index (χ4v) is 5.54. The third kappa shape index (κ3) is 7.41. The molecule has 0 aliphatic heterocycles. The van der Waals surface area contributed by atoms with E-state index in [4.69, 9.17) is 11.6 Å². The van der Waals surface area contributed by atoms with Crippen LogP contribution in [-0.2, 0) is 32.3 Å². The first-order valence-corrected chi connectivity index (χ1v) is 14.4. The fraction of sp³-hybridized carbons (Fsp3) is 0.462. The van der Waals surface area contributed by atoms with E-state index in [0.29, 0.717) is 10.4 Å². The molecule has 7 nitrogen and oxygen atoms in total. The second kappa shape index (κ2) is 11.9. The molecule has 38 heavy (non-hydrogen) atoms. The van der Waals surface area contributed by atoms with Crippen molar-refractivity contribution in [3.8, 4) is 0 Å². The molecule has 2 aromatic rings. The Balaban J connectivity index is 1.97. The van der Waals surface area contributed by atoms with Gasteiger partial charge in [-0.15, -0.1) is 0 Å². The second-order valence-electron chi connectivity index (χ2n) is 9.55. The van der Waals surface area contributed by atoms with Crippen LogP contribution in [0.15, 0.2) is 42.5 Å². The number of alkyl halides is 3. The molecule has 0 unspecified atom stereocenters. The maximum Gasteiger partial charge on any atom is 0.416 e. The lowest BCUT2D eigenvalue weighted by molar-refractivity contribution is -0.139. The van der Waals surface area contributed by atoms with Crippen molar-refractivity contribution in [3.05, 3.63) is 64.2 Å². The molecule has 12 heteroatoms. The van der Waals surface area contributed by atoms with Gasteiger partial charge < -0.3 is 10.2 Å². The van der Waals surface area contributed by atoms with Gasteiger partial charge in [0.25, 0.3) is 0 Å². The van der Waals surface area contributed by atoms with Gasteiger partial charge in [0.2, 0.25) is 21.8 Å². The van der Waals surface area contributed by atoms with E-state index in [-0.39, 0.29) is 23.5 Å². The fourth-order valence-electron chi connectivity index (χ4n) is 4.42. The third-order valence-corrected chi connectivity index (χ3v) is 8.14. The molecule has 1 N–H and O–H groups in total. The van der Waals surface area contributed by atoms with Gasteiger partial charge in [-0.25, -0.2) is 8.42 Å². The molecule has 1 saturated carbocycles. The maximum atomic E-state index is 13.6. The van der Waals surface area contributed by atoms with Crippen molar-refractivity contribution in [2.45, 2.75) is 64.3 Å². The van der Waals surface area contributed by atoms with Crippen molar-refractivity contribution in [2.75, 3.05) is 17.1 Å². The third-order valence-electron chi connectivity index (χ3n) is 6.69. The van der Waals surface area contributed by atoms with Crippen LogP contribution in [0, 0.1) is 6.92 Å². The first-order chi connectivity index (χ1) is 17.7. The van der Waals surface area contributed by atoms with E-state index in [1.165, 1.54) is 4.90 Å². The predicted octanol–water partition coefficient (Wildman–Crippen LogP) is 4.91. The average molecular weight is 574 g/mol. The van der Waals surface area contributed by atoms with Crippen LogP contribution in [0.2, 0.25) is 5.02 Å². The Labute approximate surface area is 226 Å². The smallest absolute Gasteiger partial charge is 0.352 e. The minimum absolute atomic E-state index is 0.00130. The van der Waals surface area contributed by atoms with E-state index in [0.717, 1.165) is 55.2 Å². The van der Waals surface area contributed by atoms with Crippen molar-refractivity contribution in [2.24, 2.45) is 0 Å². The minimum atomic E-state index is -4.75. The Morgan fingerprint density at radius 1 is 1.13 bits per heavy atom. The van der Waals surface area contributed by atoms with Gasteiger partial charge in [0.1, 0.15) is 12.6 Å². The SMILES string of the molecule is Cc1ccccc1CN(C(=O)CN(c1cc(C(F)(F)F)ccc1Cl)S(C)(=O)=O)[C@H](C)C(=O)NC1CCCC1. The molecule has 0 heterocycles. The number of anilines is 1. The standard InChI is InChI=1S/C26H31ClF3N3O4S/c1-17-8-4-5-9-19(17)15-32(18(2)25(35)31-21-10-6-7-11-21)24(34)16-33(38(3,36)37)23-14-20(26(28,29)30)12-13-22(23)27/h4-5,8-9,12-14,18,21H,6-7,10-11,15-16H2,1-3H3,(H,31,35)/t18-/m1/s1. The van der Waals surface area contributed by atoms with E-state index in [2.05, 4.69) is 5.32 Å². The summed E-state index contributed by atoms with van der Waals surface area (Å²) in [5.74, 6) is -1.15. The van der Waals surface area contributed by atoms with Gasteiger partial charge in [0.15, 0.2) is 0 Å². The summed E-state index contributed by atoms with van der Waals surface area (Å²) in [4.78, 5) is 28.0. The molecule has 0 aromatic heterocycles. The number of rotatable bonds is 9. The minimum Gasteiger partial charge on any atom is -0.352 e. The summed E-state index contributed by atoms with van der Waals surface area (Å²) in [5, 5.41) is 2.68. The van der Waals surface area contributed by atoms with E-state index in [9.17, 15) is 31.2 Å². The van der Waals surface area contributed by atoms with Crippen LogP contribution in [0.1, 0.15) is 49.3 Å². The lowest BCUT2D eigenvalue weighted by atomic mass is 10.1. The predicted molar refractivity (Wildman–Crippen MR) is 140 cm³/mol. The molecule has 1 aliphatic carbocycles. The summed E-state index contributed by atoms with van der Waals surface area (Å²) >= 11 is 6.11. The number of nitrogens with zero attached hydrogens (tertiary/aromatic N) is 2. The summed E-state index contributed by atoms with van der Waals surface area (Å²) in [6.07, 6.45) is -0.326. The van der Waals surface area contributed by atoms with Crippen molar-refractivity contribution >= 4 is 39.1 Å². The number of carbonyl (C=O) groups is 2. The van der Waals surface area contributed by atoms with Crippen molar-refractivity contribution in [3.63, 3.8) is 0 Å². The van der Waals surface area contributed by atoms with Crippen LogP contribution in [0.25, 0.3) is 0 Å². The van der Waals surface area contributed by atoms with Crippen LogP contribution < -0.4 is 9.62 Å². The monoisotopic (exact) mass is 573 g/mol. The molecule has 2 amide bonds. The normalized spacial score (nSPS) is 15.2. The van der Waals surface area contributed by atoms with Gasteiger partial charge >= 0.3 is 6.18 Å². The Morgan fingerprint density at radius 2 is 1.76 bits per heavy atom. The summed E-state index contributed by atoms with van der Waals surface area (Å²) in [5.41, 5.74) is 0.00860. The molecule has 208 valence electrons. The molecule has 1 aliphatic rings. The highest BCUT2D eigenvalue weighted by Crippen LogP contribution is 2.36. The van der Waals surface area contributed by atoms with Crippen LogP contribution in [0.3, 0.4) is 0 Å². The van der Waals surface area contributed by atoms with Gasteiger partial charge in [-0.05, 0) is 56.0 Å². The summed E-state index contributed by atoms with van der Waals surface area (Å²) in [7, 11) is -4.24. The molecular formula is C26H31ClF3N3O4S. The second-order valence-corrected chi connectivity index (χ2v) is 11.9. The Hall–Kier alpha value is -2.79. The lowest BCUT2D eigenvalue weighted by Gasteiger charge is -2.32. The molecule has 0 bridgehead atoms. The number of hydrogen-bond donors (Lipinski definition) is 1. The molecule has 3 rings (SSSR count). The van der Waals surface area contributed by atoms with Gasteiger partial charge in [-0.2, -0.15) is 13.2 Å². The largest absolute Gasteiger partial charge is 0.416 e. The van der Waals surface area contributed by atoms with Gasteiger partial charge in [0.05, 0.1) is 22.5 Å². The maximum absolute atomic E-state index is 13.6. The molecule has 1 atom stereocenters. The Morgan fingerprint density at radius 3 is 2.34 bits per heavy atom. The quantitative estimate of drug-likeness (QED) is 0.462. The van der Waals surface area contributed by atoms with E-state index in [1.807, 2.05) is 19.1 Å². The highest BCUT2D eigenvalue weighted by Gasteiger charge is 2.35. The zero-order valence-corrected chi connectivity index (χ0v) is 23.0. The van der Waals surface area contributed by atoms with Crippen molar-refractivity contribution in [1.82, 2.24) is 10.2 Å². The average Bonchev–Trinajstić information content (AvgIpc) is 3.33. The number of sulfonamides is 1. The van der Waals surface area contributed by atoms with Gasteiger partial charge in [0, 0.05) is 12.6 Å². The summed E-state index contributed by atoms with van der Waals surface area (Å²) < 4.78 is 66.0. The first-order valence-electron chi connectivity index (χ1n) is 12.2. The topological polar surface area (TPSA) is 86.8 Å². The van der Waals surface area contributed by atoms with E-state index < -0.39 is 45.9 Å². The van der Waals surface area contributed by atoms with Crippen molar-refractivity contribution in [1.29, 1.82) is 0 Å². The molecule has 0 saturated heterocycles. The zero-order chi connectivity index (χ0) is 28.3. The lowest BCUT2D eigenvalue weighted by Crippen LogP contribution is -2.52. The molecule has 0 spiro atoms. The number of amides is 2. The molecule has 1 fully saturated rings.